The van der Waals surface area contributed by atoms with E-state index in [1.165, 1.54) is 21.2 Å². The fourth-order valence-electron chi connectivity index (χ4n) is 1.29. The molecule has 2 N–H and O–H groups in total. The van der Waals surface area contributed by atoms with Gasteiger partial charge < -0.3 is 5.73 Å². The summed E-state index contributed by atoms with van der Waals surface area (Å²) < 4.78 is 1.22. The third kappa shape index (κ3) is 1.87. The van der Waals surface area contributed by atoms with Gasteiger partial charge in [-0.15, -0.1) is 0 Å². The van der Waals surface area contributed by atoms with E-state index < -0.39 is 0 Å². The van der Waals surface area contributed by atoms with E-state index in [1.807, 2.05) is 0 Å². The van der Waals surface area contributed by atoms with Crippen molar-refractivity contribution in [3.63, 3.8) is 0 Å². The molecule has 0 aromatic heterocycles. The lowest BCUT2D eigenvalue weighted by Gasteiger charge is -2.09. The molecule has 0 heterocycles. The molecule has 1 aromatic carbocycles. The largest absolute Gasteiger partial charge is 0.330 e. The second kappa shape index (κ2) is 4.06. The smallest absolute Gasteiger partial charge is 0.0239 e. The molecule has 0 fully saturated rings. The van der Waals surface area contributed by atoms with Crippen LogP contribution >= 0.6 is 15.9 Å². The minimum absolute atomic E-state index is 0.711. The van der Waals surface area contributed by atoms with Crippen molar-refractivity contribution in [2.45, 2.75) is 20.3 Å². The number of benzene rings is 1. The molecular weight excluding hydrogens is 214 g/mol. The molecule has 66 valence electrons. The molecule has 0 unspecified atom stereocenters. The Morgan fingerprint density at radius 1 is 1.25 bits per heavy atom. The van der Waals surface area contributed by atoms with Gasteiger partial charge in [0.15, 0.2) is 0 Å². The van der Waals surface area contributed by atoms with Gasteiger partial charge in [0, 0.05) is 4.47 Å². The molecule has 2 heteroatoms. The van der Waals surface area contributed by atoms with Crippen LogP contribution in [0.1, 0.15) is 16.7 Å². The minimum atomic E-state index is 0.711. The van der Waals surface area contributed by atoms with Crippen LogP contribution in [-0.4, -0.2) is 6.54 Å². The van der Waals surface area contributed by atoms with Crippen molar-refractivity contribution in [3.05, 3.63) is 33.3 Å². The first-order valence-corrected chi connectivity index (χ1v) is 4.90. The Labute approximate surface area is 82.1 Å². The van der Waals surface area contributed by atoms with Crippen LogP contribution < -0.4 is 5.73 Å². The zero-order chi connectivity index (χ0) is 9.14. The highest BCUT2D eigenvalue weighted by Crippen LogP contribution is 2.24. The van der Waals surface area contributed by atoms with Gasteiger partial charge in [-0.25, -0.2) is 0 Å². The first kappa shape index (κ1) is 9.75. The minimum Gasteiger partial charge on any atom is -0.330 e. The molecule has 0 bridgehead atoms. The normalized spacial score (nSPS) is 10.3. The number of rotatable bonds is 2. The molecular formula is C10H14BrN. The van der Waals surface area contributed by atoms with E-state index >= 15 is 0 Å². The van der Waals surface area contributed by atoms with E-state index in [2.05, 4.69) is 41.9 Å². The van der Waals surface area contributed by atoms with Crippen LogP contribution in [0.15, 0.2) is 16.6 Å². The molecule has 0 radical (unpaired) electrons. The Bertz CT molecular complexity index is 281. The highest BCUT2D eigenvalue weighted by atomic mass is 79.9. The number of aryl methyl sites for hydroxylation is 2. The summed E-state index contributed by atoms with van der Waals surface area (Å²) in [5.41, 5.74) is 9.47. The molecule has 0 amide bonds. The molecule has 0 aliphatic carbocycles. The van der Waals surface area contributed by atoms with Gasteiger partial charge in [-0.3, -0.25) is 0 Å². The third-order valence-electron chi connectivity index (χ3n) is 2.06. The van der Waals surface area contributed by atoms with E-state index in [9.17, 15) is 0 Å². The summed E-state index contributed by atoms with van der Waals surface area (Å²) in [6.45, 7) is 4.93. The lowest BCUT2D eigenvalue weighted by atomic mass is 10.0. The van der Waals surface area contributed by atoms with Crippen LogP contribution in [0.2, 0.25) is 0 Å². The summed E-state index contributed by atoms with van der Waals surface area (Å²) in [6, 6.07) is 4.27. The SMILES string of the molecule is Cc1ccc(C)c(CCN)c1Br. The summed E-state index contributed by atoms with van der Waals surface area (Å²) in [7, 11) is 0. The van der Waals surface area contributed by atoms with E-state index in [-0.39, 0.29) is 0 Å². The first-order chi connectivity index (χ1) is 5.66. The average Bonchev–Trinajstić information content (AvgIpc) is 2.06. The number of nitrogens with two attached hydrogens (primary N) is 1. The fraction of sp³-hybridized carbons (Fsp3) is 0.400. The molecule has 12 heavy (non-hydrogen) atoms. The van der Waals surface area contributed by atoms with Crippen molar-refractivity contribution >= 4 is 15.9 Å². The van der Waals surface area contributed by atoms with E-state index in [0.717, 1.165) is 6.42 Å². The second-order valence-electron chi connectivity index (χ2n) is 3.03. The third-order valence-corrected chi connectivity index (χ3v) is 3.17. The summed E-state index contributed by atoms with van der Waals surface area (Å²) in [5.74, 6) is 0. The van der Waals surface area contributed by atoms with Gasteiger partial charge >= 0.3 is 0 Å². The lowest BCUT2D eigenvalue weighted by Crippen LogP contribution is -2.05. The van der Waals surface area contributed by atoms with Crippen molar-refractivity contribution < 1.29 is 0 Å². The van der Waals surface area contributed by atoms with Crippen molar-refractivity contribution in [1.29, 1.82) is 0 Å². The second-order valence-corrected chi connectivity index (χ2v) is 3.82. The zero-order valence-corrected chi connectivity index (χ0v) is 9.11. The summed E-state index contributed by atoms with van der Waals surface area (Å²) in [4.78, 5) is 0. The molecule has 1 nitrogen and oxygen atoms in total. The Balaban J connectivity index is 3.14. The van der Waals surface area contributed by atoms with E-state index in [4.69, 9.17) is 5.73 Å². The molecule has 0 saturated carbocycles. The Morgan fingerprint density at radius 3 is 2.42 bits per heavy atom. The van der Waals surface area contributed by atoms with Gasteiger partial charge in [-0.05, 0) is 43.5 Å². The van der Waals surface area contributed by atoms with E-state index in [1.54, 1.807) is 0 Å². The quantitative estimate of drug-likeness (QED) is 0.827. The highest BCUT2D eigenvalue weighted by Gasteiger charge is 2.04. The standard InChI is InChI=1S/C10H14BrN/c1-7-3-4-8(2)10(11)9(7)5-6-12/h3-4H,5-6,12H2,1-2H3. The van der Waals surface area contributed by atoms with Crippen molar-refractivity contribution in [1.82, 2.24) is 0 Å². The summed E-state index contributed by atoms with van der Waals surface area (Å²) in [5, 5.41) is 0. The van der Waals surface area contributed by atoms with Gasteiger partial charge in [0.05, 0.1) is 0 Å². The molecule has 0 saturated heterocycles. The lowest BCUT2D eigenvalue weighted by molar-refractivity contribution is 0.949. The predicted molar refractivity (Wildman–Crippen MR) is 56.4 cm³/mol. The van der Waals surface area contributed by atoms with Crippen LogP contribution in [0.4, 0.5) is 0 Å². The Kier molecular flexibility index (Phi) is 3.29. The highest BCUT2D eigenvalue weighted by molar-refractivity contribution is 9.10. The van der Waals surface area contributed by atoms with Gasteiger partial charge in [0.1, 0.15) is 0 Å². The van der Waals surface area contributed by atoms with Crippen LogP contribution in [0.3, 0.4) is 0 Å². The van der Waals surface area contributed by atoms with Crippen molar-refractivity contribution in [2.24, 2.45) is 5.73 Å². The monoisotopic (exact) mass is 227 g/mol. The summed E-state index contributed by atoms with van der Waals surface area (Å²) in [6.07, 6.45) is 0.952. The molecule has 0 aliphatic heterocycles. The van der Waals surface area contributed by atoms with Gasteiger partial charge in [0.2, 0.25) is 0 Å². The fourth-order valence-corrected chi connectivity index (χ4v) is 1.93. The summed E-state index contributed by atoms with van der Waals surface area (Å²) >= 11 is 3.58. The molecule has 0 aliphatic rings. The van der Waals surface area contributed by atoms with Crippen LogP contribution in [0, 0.1) is 13.8 Å². The molecule has 1 aromatic rings. The van der Waals surface area contributed by atoms with Crippen molar-refractivity contribution in [2.75, 3.05) is 6.54 Å². The zero-order valence-electron chi connectivity index (χ0n) is 7.52. The van der Waals surface area contributed by atoms with Gasteiger partial charge in [-0.2, -0.15) is 0 Å². The predicted octanol–water partition coefficient (Wildman–Crippen LogP) is 2.57. The molecule has 0 atom stereocenters. The maximum Gasteiger partial charge on any atom is 0.0239 e. The topological polar surface area (TPSA) is 26.0 Å². The number of hydrogen-bond acceptors (Lipinski definition) is 1. The van der Waals surface area contributed by atoms with Crippen LogP contribution in [0.5, 0.6) is 0 Å². The van der Waals surface area contributed by atoms with Crippen molar-refractivity contribution in [3.8, 4) is 0 Å². The number of halogens is 1. The number of hydrogen-bond donors (Lipinski definition) is 1. The van der Waals surface area contributed by atoms with E-state index in [0.29, 0.717) is 6.54 Å². The van der Waals surface area contributed by atoms with Crippen LogP contribution in [0.25, 0.3) is 0 Å². The van der Waals surface area contributed by atoms with Gasteiger partial charge in [0.25, 0.3) is 0 Å². The van der Waals surface area contributed by atoms with Crippen LogP contribution in [-0.2, 0) is 6.42 Å². The first-order valence-electron chi connectivity index (χ1n) is 4.11. The Morgan fingerprint density at radius 2 is 1.83 bits per heavy atom. The maximum atomic E-state index is 5.53. The molecule has 0 spiro atoms. The van der Waals surface area contributed by atoms with Gasteiger partial charge in [-0.1, -0.05) is 28.1 Å². The molecule has 1 rings (SSSR count). The average molecular weight is 228 g/mol. The maximum absolute atomic E-state index is 5.53. The Hall–Kier alpha value is -0.340.